The van der Waals surface area contributed by atoms with Gasteiger partial charge in [0.15, 0.2) is 0 Å². The molecular formula is C9H18N4O2. The molecule has 0 saturated carbocycles. The zero-order chi connectivity index (χ0) is 11.1. The summed E-state index contributed by atoms with van der Waals surface area (Å²) in [6.07, 6.45) is 1.82. The fraction of sp³-hybridized carbons (Fsp3) is 0.778. The summed E-state index contributed by atoms with van der Waals surface area (Å²) in [5, 5.41) is 19.8. The number of aromatic nitrogens is 3. The lowest BCUT2D eigenvalue weighted by atomic mass is 10.3. The molecule has 0 amide bonds. The van der Waals surface area contributed by atoms with Crippen LogP contribution in [0.3, 0.4) is 0 Å². The molecule has 1 aromatic rings. The second-order valence-electron chi connectivity index (χ2n) is 3.43. The summed E-state index contributed by atoms with van der Waals surface area (Å²) < 4.78 is 6.62. The monoisotopic (exact) mass is 214 g/mol. The van der Waals surface area contributed by atoms with E-state index in [0.717, 1.165) is 5.69 Å². The van der Waals surface area contributed by atoms with Gasteiger partial charge in [0.2, 0.25) is 0 Å². The molecule has 2 N–H and O–H groups in total. The number of nitrogens with zero attached hydrogens (tertiary/aromatic N) is 3. The SMILES string of the molecule is COCC(C)NCc1cn(CCO)nn1. The Morgan fingerprint density at radius 3 is 3.13 bits per heavy atom. The summed E-state index contributed by atoms with van der Waals surface area (Å²) in [6, 6.07) is 0.290. The van der Waals surface area contributed by atoms with Crippen molar-refractivity contribution in [1.29, 1.82) is 0 Å². The molecule has 0 aliphatic carbocycles. The lowest BCUT2D eigenvalue weighted by molar-refractivity contribution is 0.171. The van der Waals surface area contributed by atoms with E-state index in [1.165, 1.54) is 0 Å². The van der Waals surface area contributed by atoms with E-state index in [1.807, 2.05) is 13.1 Å². The van der Waals surface area contributed by atoms with Gasteiger partial charge in [-0.1, -0.05) is 5.21 Å². The summed E-state index contributed by atoms with van der Waals surface area (Å²) in [6.45, 7) is 3.94. The van der Waals surface area contributed by atoms with Crippen molar-refractivity contribution in [2.75, 3.05) is 20.3 Å². The van der Waals surface area contributed by atoms with Gasteiger partial charge in [-0.05, 0) is 6.92 Å². The highest BCUT2D eigenvalue weighted by Crippen LogP contribution is 1.93. The predicted molar refractivity (Wildman–Crippen MR) is 55.3 cm³/mol. The maximum atomic E-state index is 8.70. The van der Waals surface area contributed by atoms with Gasteiger partial charge in [-0.15, -0.1) is 5.10 Å². The van der Waals surface area contributed by atoms with Crippen LogP contribution in [-0.4, -0.2) is 46.5 Å². The maximum absolute atomic E-state index is 8.70. The van der Waals surface area contributed by atoms with E-state index >= 15 is 0 Å². The second kappa shape index (κ2) is 6.49. The van der Waals surface area contributed by atoms with E-state index in [-0.39, 0.29) is 12.6 Å². The van der Waals surface area contributed by atoms with Crippen LogP contribution in [0, 0.1) is 0 Å². The quantitative estimate of drug-likeness (QED) is 0.634. The van der Waals surface area contributed by atoms with Crippen molar-refractivity contribution in [3.05, 3.63) is 11.9 Å². The lowest BCUT2D eigenvalue weighted by Crippen LogP contribution is -2.29. The lowest BCUT2D eigenvalue weighted by Gasteiger charge is -2.10. The molecule has 0 aromatic carbocycles. The number of aliphatic hydroxyl groups is 1. The Bertz CT molecular complexity index is 277. The fourth-order valence-corrected chi connectivity index (χ4v) is 1.22. The normalized spacial score (nSPS) is 13.0. The molecule has 0 fully saturated rings. The third-order valence-electron chi connectivity index (χ3n) is 1.96. The average molecular weight is 214 g/mol. The van der Waals surface area contributed by atoms with E-state index in [0.29, 0.717) is 19.7 Å². The van der Waals surface area contributed by atoms with Gasteiger partial charge in [0.25, 0.3) is 0 Å². The van der Waals surface area contributed by atoms with Crippen molar-refractivity contribution in [1.82, 2.24) is 20.3 Å². The van der Waals surface area contributed by atoms with Crippen molar-refractivity contribution in [3.8, 4) is 0 Å². The zero-order valence-electron chi connectivity index (χ0n) is 9.18. The highest BCUT2D eigenvalue weighted by molar-refractivity contribution is 4.91. The van der Waals surface area contributed by atoms with Crippen LogP contribution in [0.25, 0.3) is 0 Å². The molecule has 0 aliphatic heterocycles. The summed E-state index contributed by atoms with van der Waals surface area (Å²) in [7, 11) is 1.68. The molecule has 0 saturated heterocycles. The minimum absolute atomic E-state index is 0.0797. The minimum atomic E-state index is 0.0797. The van der Waals surface area contributed by atoms with Gasteiger partial charge >= 0.3 is 0 Å². The Hall–Kier alpha value is -0.980. The smallest absolute Gasteiger partial charge is 0.0964 e. The van der Waals surface area contributed by atoms with E-state index in [1.54, 1.807) is 11.8 Å². The zero-order valence-corrected chi connectivity index (χ0v) is 9.18. The van der Waals surface area contributed by atoms with Crippen molar-refractivity contribution in [2.45, 2.75) is 26.1 Å². The van der Waals surface area contributed by atoms with Crippen molar-refractivity contribution in [3.63, 3.8) is 0 Å². The Balaban J connectivity index is 2.30. The molecule has 1 aromatic heterocycles. The van der Waals surface area contributed by atoms with Gasteiger partial charge in [0.05, 0.1) is 25.5 Å². The third kappa shape index (κ3) is 4.37. The van der Waals surface area contributed by atoms with Crippen molar-refractivity contribution >= 4 is 0 Å². The van der Waals surface area contributed by atoms with Gasteiger partial charge in [-0.2, -0.15) is 0 Å². The van der Waals surface area contributed by atoms with E-state index < -0.39 is 0 Å². The Morgan fingerprint density at radius 1 is 1.67 bits per heavy atom. The standard InChI is InChI=1S/C9H18N4O2/c1-8(7-15-2)10-5-9-6-13(3-4-14)12-11-9/h6,8,10,14H,3-5,7H2,1-2H3. The molecule has 86 valence electrons. The van der Waals surface area contributed by atoms with Crippen LogP contribution in [0.5, 0.6) is 0 Å². The minimum Gasteiger partial charge on any atom is -0.394 e. The first-order valence-corrected chi connectivity index (χ1v) is 4.98. The molecule has 15 heavy (non-hydrogen) atoms. The highest BCUT2D eigenvalue weighted by atomic mass is 16.5. The molecule has 1 unspecified atom stereocenters. The largest absolute Gasteiger partial charge is 0.394 e. The highest BCUT2D eigenvalue weighted by Gasteiger charge is 2.03. The molecule has 1 rings (SSSR count). The molecule has 0 bridgehead atoms. The second-order valence-corrected chi connectivity index (χ2v) is 3.43. The molecule has 0 aliphatic rings. The van der Waals surface area contributed by atoms with E-state index in [4.69, 9.17) is 9.84 Å². The molecule has 6 heteroatoms. The van der Waals surface area contributed by atoms with Gasteiger partial charge in [-0.25, -0.2) is 4.68 Å². The number of methoxy groups -OCH3 is 1. The van der Waals surface area contributed by atoms with Crippen LogP contribution >= 0.6 is 0 Å². The molecular weight excluding hydrogens is 196 g/mol. The van der Waals surface area contributed by atoms with Gasteiger partial charge in [0, 0.05) is 25.9 Å². The van der Waals surface area contributed by atoms with Crippen LogP contribution in [-0.2, 0) is 17.8 Å². The molecule has 0 spiro atoms. The van der Waals surface area contributed by atoms with Crippen LogP contribution < -0.4 is 5.32 Å². The number of nitrogens with one attached hydrogen (secondary N) is 1. The van der Waals surface area contributed by atoms with E-state index in [9.17, 15) is 0 Å². The van der Waals surface area contributed by atoms with Crippen molar-refractivity contribution in [2.24, 2.45) is 0 Å². The Labute approximate surface area is 89.2 Å². The molecule has 1 atom stereocenters. The van der Waals surface area contributed by atoms with Gasteiger partial charge in [-0.3, -0.25) is 0 Å². The molecule has 6 nitrogen and oxygen atoms in total. The number of ether oxygens (including phenoxy) is 1. The topological polar surface area (TPSA) is 72.2 Å². The number of hydrogen-bond donors (Lipinski definition) is 2. The fourth-order valence-electron chi connectivity index (χ4n) is 1.22. The van der Waals surface area contributed by atoms with Crippen LogP contribution in [0.15, 0.2) is 6.20 Å². The number of hydrogen-bond acceptors (Lipinski definition) is 5. The van der Waals surface area contributed by atoms with Crippen LogP contribution in [0.1, 0.15) is 12.6 Å². The summed E-state index contributed by atoms with van der Waals surface area (Å²) >= 11 is 0. The average Bonchev–Trinajstić information content (AvgIpc) is 2.64. The predicted octanol–water partition coefficient (Wildman–Crippen LogP) is -0.605. The first-order chi connectivity index (χ1) is 7.26. The molecule has 0 radical (unpaired) electrons. The summed E-state index contributed by atoms with van der Waals surface area (Å²) in [5.41, 5.74) is 0.867. The Kier molecular flexibility index (Phi) is 5.23. The third-order valence-corrected chi connectivity index (χ3v) is 1.96. The first kappa shape index (κ1) is 12.1. The summed E-state index contributed by atoms with van der Waals surface area (Å²) in [5.74, 6) is 0. The number of rotatable bonds is 7. The Morgan fingerprint density at radius 2 is 2.47 bits per heavy atom. The summed E-state index contributed by atoms with van der Waals surface area (Å²) in [4.78, 5) is 0. The maximum Gasteiger partial charge on any atom is 0.0964 e. The molecule has 1 heterocycles. The van der Waals surface area contributed by atoms with Crippen molar-refractivity contribution < 1.29 is 9.84 Å². The van der Waals surface area contributed by atoms with Gasteiger partial charge < -0.3 is 15.2 Å². The van der Waals surface area contributed by atoms with E-state index in [2.05, 4.69) is 15.6 Å². The van der Waals surface area contributed by atoms with Crippen LogP contribution in [0.2, 0.25) is 0 Å². The first-order valence-electron chi connectivity index (χ1n) is 4.98. The van der Waals surface area contributed by atoms with Crippen LogP contribution in [0.4, 0.5) is 0 Å². The van der Waals surface area contributed by atoms with Gasteiger partial charge in [0.1, 0.15) is 0 Å². The number of aliphatic hydroxyl groups excluding tert-OH is 1.